The molecule has 1 aliphatic rings. The molecular formula is C42H29N3O. The lowest BCUT2D eigenvalue weighted by molar-refractivity contribution is 0.455. The number of hydrogen-bond donors (Lipinski definition) is 1. The number of amidine groups is 2. The molecule has 1 aliphatic heterocycles. The molecule has 8 aromatic rings. The molecule has 1 atom stereocenters. The molecule has 1 unspecified atom stereocenters. The molecule has 2 heterocycles. The van der Waals surface area contributed by atoms with Crippen LogP contribution in [-0.2, 0) is 5.66 Å². The first-order valence-corrected chi connectivity index (χ1v) is 15.6. The summed E-state index contributed by atoms with van der Waals surface area (Å²) in [5.41, 5.74) is 6.47. The molecule has 0 bridgehead atoms. The molecule has 46 heavy (non-hydrogen) atoms. The predicted molar refractivity (Wildman–Crippen MR) is 191 cm³/mol. The van der Waals surface area contributed by atoms with Crippen molar-refractivity contribution in [2.24, 2.45) is 9.98 Å². The Morgan fingerprint density at radius 2 is 1.20 bits per heavy atom. The third kappa shape index (κ3) is 4.30. The molecule has 0 spiro atoms. The van der Waals surface area contributed by atoms with Crippen LogP contribution in [0.1, 0.15) is 23.6 Å². The van der Waals surface area contributed by atoms with Gasteiger partial charge in [0.2, 0.25) is 0 Å². The van der Waals surface area contributed by atoms with Crippen molar-refractivity contribution < 1.29 is 4.42 Å². The van der Waals surface area contributed by atoms with E-state index in [0.717, 1.165) is 66.4 Å². The Balaban J connectivity index is 1.19. The molecule has 0 saturated carbocycles. The molecule has 218 valence electrons. The normalized spacial score (nSPS) is 16.5. The number of hydrogen-bond acceptors (Lipinski definition) is 4. The van der Waals surface area contributed by atoms with E-state index in [1.807, 2.05) is 48.5 Å². The number of benzene rings is 7. The van der Waals surface area contributed by atoms with Crippen molar-refractivity contribution >= 4 is 55.2 Å². The maximum Gasteiger partial charge on any atom is 0.159 e. The Morgan fingerprint density at radius 3 is 2.00 bits per heavy atom. The first kappa shape index (κ1) is 26.4. The molecule has 0 fully saturated rings. The zero-order valence-corrected chi connectivity index (χ0v) is 25.2. The lowest BCUT2D eigenvalue weighted by Crippen LogP contribution is -2.46. The Labute approximate surface area is 266 Å². The molecule has 0 saturated heterocycles. The van der Waals surface area contributed by atoms with Crippen LogP contribution in [0.25, 0.3) is 54.6 Å². The first-order valence-electron chi connectivity index (χ1n) is 15.6. The average Bonchev–Trinajstić information content (AvgIpc) is 3.48. The number of para-hydroxylation sites is 1. The zero-order chi connectivity index (χ0) is 30.7. The summed E-state index contributed by atoms with van der Waals surface area (Å²) in [5.74, 6) is 1.51. The van der Waals surface area contributed by atoms with Crippen molar-refractivity contribution in [3.63, 3.8) is 0 Å². The fourth-order valence-corrected chi connectivity index (χ4v) is 6.74. The van der Waals surface area contributed by atoms with Gasteiger partial charge in [0.05, 0.1) is 0 Å². The van der Waals surface area contributed by atoms with Gasteiger partial charge in [0.15, 0.2) is 11.5 Å². The van der Waals surface area contributed by atoms with Crippen LogP contribution in [0, 0.1) is 0 Å². The van der Waals surface area contributed by atoms with Gasteiger partial charge in [-0.15, -0.1) is 0 Å². The number of aliphatic imine (C=N–C) groups is 2. The van der Waals surface area contributed by atoms with E-state index in [9.17, 15) is 0 Å². The van der Waals surface area contributed by atoms with Gasteiger partial charge < -0.3 is 9.73 Å². The van der Waals surface area contributed by atoms with Gasteiger partial charge in [-0.3, -0.25) is 0 Å². The van der Waals surface area contributed by atoms with Crippen molar-refractivity contribution in [2.45, 2.75) is 12.6 Å². The fraction of sp³-hybridized carbons (Fsp3) is 0.0476. The van der Waals surface area contributed by atoms with Crippen LogP contribution in [0.4, 0.5) is 0 Å². The molecule has 0 radical (unpaired) electrons. The third-order valence-corrected chi connectivity index (χ3v) is 9.07. The molecule has 1 aromatic heterocycles. The van der Waals surface area contributed by atoms with Gasteiger partial charge >= 0.3 is 0 Å². The van der Waals surface area contributed by atoms with Gasteiger partial charge in [-0.2, -0.15) is 0 Å². The highest BCUT2D eigenvalue weighted by atomic mass is 16.3. The van der Waals surface area contributed by atoms with Crippen molar-refractivity contribution in [3.8, 4) is 11.1 Å². The standard InChI is InChI=1S/C42H29N3O/c1-42(33-15-6-3-7-16-33)44-40(27-12-4-2-5-13-27)43-41(45-42)32-23-21-28-24-31(22-20-29(28)25-32)38-34-17-9-8-14-30(34)26-36-35-18-10-11-19-37(35)46-39(36)38/h2-26H,1H3,(H,43,44,45). The lowest BCUT2D eigenvalue weighted by atomic mass is 9.93. The maximum absolute atomic E-state index is 6.52. The second-order valence-corrected chi connectivity index (χ2v) is 12.0. The molecular weight excluding hydrogens is 562 g/mol. The van der Waals surface area contributed by atoms with Gasteiger partial charge in [0, 0.05) is 27.5 Å². The number of furan rings is 1. The average molecular weight is 592 g/mol. The third-order valence-electron chi connectivity index (χ3n) is 9.07. The highest BCUT2D eigenvalue weighted by molar-refractivity contribution is 6.19. The Hall–Kier alpha value is -6.00. The lowest BCUT2D eigenvalue weighted by Gasteiger charge is -2.33. The molecule has 4 heteroatoms. The van der Waals surface area contributed by atoms with E-state index < -0.39 is 5.66 Å². The monoisotopic (exact) mass is 591 g/mol. The summed E-state index contributed by atoms with van der Waals surface area (Å²) in [6.45, 7) is 2.11. The summed E-state index contributed by atoms with van der Waals surface area (Å²) < 4.78 is 6.52. The van der Waals surface area contributed by atoms with Crippen LogP contribution < -0.4 is 5.32 Å². The minimum Gasteiger partial charge on any atom is -0.455 e. The van der Waals surface area contributed by atoms with Gasteiger partial charge in [0.1, 0.15) is 17.0 Å². The zero-order valence-electron chi connectivity index (χ0n) is 25.2. The van der Waals surface area contributed by atoms with Crippen LogP contribution >= 0.6 is 0 Å². The van der Waals surface area contributed by atoms with Crippen LogP contribution in [-0.4, -0.2) is 11.7 Å². The summed E-state index contributed by atoms with van der Waals surface area (Å²) >= 11 is 0. The van der Waals surface area contributed by atoms with E-state index >= 15 is 0 Å². The van der Waals surface area contributed by atoms with Crippen molar-refractivity contribution in [3.05, 3.63) is 168 Å². The Kier molecular flexibility index (Phi) is 5.90. The number of rotatable bonds is 4. The summed E-state index contributed by atoms with van der Waals surface area (Å²) in [7, 11) is 0. The van der Waals surface area contributed by atoms with E-state index in [2.05, 4.69) is 115 Å². The molecule has 1 N–H and O–H groups in total. The van der Waals surface area contributed by atoms with Gasteiger partial charge in [-0.1, -0.05) is 127 Å². The Morgan fingerprint density at radius 1 is 0.543 bits per heavy atom. The van der Waals surface area contributed by atoms with Crippen LogP contribution in [0.2, 0.25) is 0 Å². The van der Waals surface area contributed by atoms with Crippen LogP contribution in [0.3, 0.4) is 0 Å². The number of nitrogens with one attached hydrogen (secondary N) is 1. The Bertz CT molecular complexity index is 2510. The largest absolute Gasteiger partial charge is 0.455 e. The molecule has 9 rings (SSSR count). The molecule has 0 amide bonds. The summed E-state index contributed by atoms with van der Waals surface area (Å²) in [6.07, 6.45) is 0. The minimum absolute atomic E-state index is 0.672. The van der Waals surface area contributed by atoms with E-state index in [1.165, 1.54) is 10.8 Å². The maximum atomic E-state index is 6.52. The van der Waals surface area contributed by atoms with Crippen LogP contribution in [0.15, 0.2) is 166 Å². The summed E-state index contributed by atoms with van der Waals surface area (Å²) in [6, 6.07) is 52.9. The number of nitrogens with zero attached hydrogens (tertiary/aromatic N) is 2. The predicted octanol–water partition coefficient (Wildman–Crippen LogP) is 10.2. The van der Waals surface area contributed by atoms with Crippen LogP contribution in [0.5, 0.6) is 0 Å². The first-order chi connectivity index (χ1) is 22.6. The number of fused-ring (bicyclic) bond motifs is 5. The van der Waals surface area contributed by atoms with Gasteiger partial charge in [-0.05, 0) is 63.9 Å². The van der Waals surface area contributed by atoms with Gasteiger partial charge in [-0.25, -0.2) is 9.98 Å². The van der Waals surface area contributed by atoms with Crippen molar-refractivity contribution in [2.75, 3.05) is 0 Å². The fourth-order valence-electron chi connectivity index (χ4n) is 6.74. The highest BCUT2D eigenvalue weighted by Crippen LogP contribution is 2.41. The minimum atomic E-state index is -0.672. The van der Waals surface area contributed by atoms with Gasteiger partial charge in [0.25, 0.3) is 0 Å². The highest BCUT2D eigenvalue weighted by Gasteiger charge is 2.32. The second-order valence-electron chi connectivity index (χ2n) is 12.0. The SMILES string of the molecule is CC1(c2ccccc2)N=C(c2ccc3cc(-c4c5ccccc5cc5c4oc4ccccc45)ccc3c2)N=C(c2ccccc2)N1. The smallest absolute Gasteiger partial charge is 0.159 e. The van der Waals surface area contributed by atoms with Crippen molar-refractivity contribution in [1.82, 2.24) is 5.32 Å². The molecule has 0 aliphatic carbocycles. The second kappa shape index (κ2) is 10.3. The van der Waals surface area contributed by atoms with Crippen molar-refractivity contribution in [1.29, 1.82) is 0 Å². The quantitative estimate of drug-likeness (QED) is 0.221. The molecule has 4 nitrogen and oxygen atoms in total. The summed E-state index contributed by atoms with van der Waals surface area (Å²) in [5, 5.41) is 10.5. The topological polar surface area (TPSA) is 49.9 Å². The summed E-state index contributed by atoms with van der Waals surface area (Å²) in [4.78, 5) is 10.2. The van der Waals surface area contributed by atoms with E-state index in [1.54, 1.807) is 0 Å². The molecule has 7 aromatic carbocycles. The van der Waals surface area contributed by atoms with E-state index in [-0.39, 0.29) is 0 Å². The van der Waals surface area contributed by atoms with E-state index in [0.29, 0.717) is 5.84 Å². The van der Waals surface area contributed by atoms with E-state index in [4.69, 9.17) is 14.4 Å².